The fraction of sp³-hybridized carbons (Fsp3) is 0.483. The van der Waals surface area contributed by atoms with Crippen LogP contribution < -0.4 is 15.0 Å². The Labute approximate surface area is 227 Å². The molecule has 2 saturated heterocycles. The molecular weight excluding hydrogens is 498 g/mol. The van der Waals surface area contributed by atoms with E-state index in [9.17, 15) is 9.90 Å². The average molecular weight is 534 g/mol. The van der Waals surface area contributed by atoms with E-state index in [2.05, 4.69) is 39.5 Å². The largest absolute Gasteiger partial charge is 0.493 e. The predicted molar refractivity (Wildman–Crippen MR) is 149 cm³/mol. The number of rotatable bonds is 8. The summed E-state index contributed by atoms with van der Waals surface area (Å²) in [5, 5.41) is 23.1. The van der Waals surface area contributed by atoms with Crippen molar-refractivity contribution in [3.05, 3.63) is 57.5 Å². The normalized spacial score (nSPS) is 21.3. The first-order valence-corrected chi connectivity index (χ1v) is 14.5. The molecule has 4 heterocycles. The molecular formula is C29H35N5O3S. The molecule has 1 amide bonds. The van der Waals surface area contributed by atoms with E-state index in [1.54, 1.807) is 0 Å². The lowest BCUT2D eigenvalue weighted by Gasteiger charge is -2.18. The van der Waals surface area contributed by atoms with Crippen molar-refractivity contribution in [1.82, 2.24) is 20.4 Å². The van der Waals surface area contributed by atoms with E-state index in [4.69, 9.17) is 4.74 Å². The number of nitrogens with one attached hydrogen (secondary N) is 1. The summed E-state index contributed by atoms with van der Waals surface area (Å²) < 4.78 is 6.19. The quantitative estimate of drug-likeness (QED) is 0.424. The predicted octanol–water partition coefficient (Wildman–Crippen LogP) is 3.98. The molecule has 9 heteroatoms. The number of amides is 1. The summed E-state index contributed by atoms with van der Waals surface area (Å²) in [6.45, 7) is 7.06. The fourth-order valence-electron chi connectivity index (χ4n) is 5.92. The van der Waals surface area contributed by atoms with Crippen LogP contribution in [0.3, 0.4) is 0 Å². The number of carbonyl (C=O) groups is 1. The number of aromatic nitrogens is 2. The molecule has 0 aliphatic carbocycles. The number of hydrogen-bond donors (Lipinski definition) is 2. The standard InChI is InChI=1S/C29H35N5O3S/c1-19-21(6-3-10-26(19)37-17-5-14-33-15-11-20(35)18-33)22-7-2-9-25-23(22)12-16-34(25)29(36)28-32-31-27(38-28)24-8-4-13-30-24/h2-3,6-7,9-10,20,24,30,35H,4-5,8,11-18H2,1H3/t20?,24-/m0/s1. The van der Waals surface area contributed by atoms with E-state index >= 15 is 0 Å². The van der Waals surface area contributed by atoms with Crippen molar-refractivity contribution in [2.45, 2.75) is 51.2 Å². The second-order valence-corrected chi connectivity index (χ2v) is 11.5. The first-order chi connectivity index (χ1) is 18.6. The first kappa shape index (κ1) is 25.4. The minimum Gasteiger partial charge on any atom is -0.493 e. The Morgan fingerprint density at radius 1 is 1.16 bits per heavy atom. The van der Waals surface area contributed by atoms with Gasteiger partial charge in [-0.1, -0.05) is 35.6 Å². The zero-order valence-electron chi connectivity index (χ0n) is 21.9. The second-order valence-electron chi connectivity index (χ2n) is 10.5. The molecule has 2 N–H and O–H groups in total. The van der Waals surface area contributed by atoms with Crippen molar-refractivity contribution in [2.24, 2.45) is 0 Å². The van der Waals surface area contributed by atoms with Gasteiger partial charge in [0.15, 0.2) is 0 Å². The van der Waals surface area contributed by atoms with Crippen molar-refractivity contribution in [3.8, 4) is 16.9 Å². The van der Waals surface area contributed by atoms with Gasteiger partial charge in [0.25, 0.3) is 5.91 Å². The van der Waals surface area contributed by atoms with Crippen molar-refractivity contribution in [3.63, 3.8) is 0 Å². The molecule has 2 fully saturated rings. The lowest BCUT2D eigenvalue weighted by atomic mass is 9.94. The second kappa shape index (κ2) is 11.1. The highest BCUT2D eigenvalue weighted by molar-refractivity contribution is 7.13. The topological polar surface area (TPSA) is 90.8 Å². The Bertz CT molecular complexity index is 1310. The number of anilines is 1. The smallest absolute Gasteiger partial charge is 0.289 e. The number of benzene rings is 2. The van der Waals surface area contributed by atoms with Crippen molar-refractivity contribution in [1.29, 1.82) is 0 Å². The van der Waals surface area contributed by atoms with Gasteiger partial charge in [-0.3, -0.25) is 4.79 Å². The van der Waals surface area contributed by atoms with Gasteiger partial charge in [-0.15, -0.1) is 10.2 Å². The lowest BCUT2D eigenvalue weighted by Crippen LogP contribution is -2.28. The lowest BCUT2D eigenvalue weighted by molar-refractivity contribution is 0.0988. The third kappa shape index (κ3) is 5.08. The highest BCUT2D eigenvalue weighted by Crippen LogP contribution is 2.40. The van der Waals surface area contributed by atoms with Gasteiger partial charge < -0.3 is 25.0 Å². The minimum atomic E-state index is -0.182. The van der Waals surface area contributed by atoms with Crippen LogP contribution in [0.4, 0.5) is 5.69 Å². The molecule has 1 unspecified atom stereocenters. The molecule has 200 valence electrons. The molecule has 2 aromatic carbocycles. The third-order valence-corrected chi connectivity index (χ3v) is 8.98. The summed E-state index contributed by atoms with van der Waals surface area (Å²) in [6.07, 6.45) is 4.59. The molecule has 3 aromatic rings. The van der Waals surface area contributed by atoms with E-state index in [-0.39, 0.29) is 18.1 Å². The number of ether oxygens (including phenoxy) is 1. The van der Waals surface area contributed by atoms with E-state index in [0.29, 0.717) is 18.2 Å². The van der Waals surface area contributed by atoms with Gasteiger partial charge in [0.2, 0.25) is 5.01 Å². The van der Waals surface area contributed by atoms with Gasteiger partial charge in [-0.05, 0) is 80.0 Å². The number of β-amino-alcohol motifs (C(OH)–C–C–N with tert-alkyl or cyclic N) is 1. The van der Waals surface area contributed by atoms with Crippen LogP contribution in [-0.2, 0) is 6.42 Å². The van der Waals surface area contributed by atoms with Crippen molar-refractivity contribution < 1.29 is 14.6 Å². The van der Waals surface area contributed by atoms with Crippen LogP contribution in [0.5, 0.6) is 5.75 Å². The van der Waals surface area contributed by atoms with Crippen LogP contribution >= 0.6 is 11.3 Å². The maximum atomic E-state index is 13.4. The van der Waals surface area contributed by atoms with Gasteiger partial charge in [0.05, 0.1) is 18.8 Å². The van der Waals surface area contributed by atoms with E-state index < -0.39 is 0 Å². The average Bonchev–Trinajstić information content (AvgIpc) is 3.73. The maximum Gasteiger partial charge on any atom is 0.289 e. The molecule has 3 aliphatic rings. The highest BCUT2D eigenvalue weighted by Gasteiger charge is 2.31. The monoisotopic (exact) mass is 533 g/mol. The third-order valence-electron chi connectivity index (χ3n) is 7.95. The minimum absolute atomic E-state index is 0.0676. The van der Waals surface area contributed by atoms with E-state index in [1.807, 2.05) is 29.2 Å². The summed E-state index contributed by atoms with van der Waals surface area (Å²) >= 11 is 1.41. The van der Waals surface area contributed by atoms with Crippen LogP contribution in [0.15, 0.2) is 36.4 Å². The Balaban J connectivity index is 1.16. The Hall–Kier alpha value is -2.85. The summed E-state index contributed by atoms with van der Waals surface area (Å²) in [5.74, 6) is 0.830. The number of likely N-dealkylation sites (tertiary alicyclic amines) is 1. The van der Waals surface area contributed by atoms with E-state index in [0.717, 1.165) is 91.4 Å². The molecule has 0 spiro atoms. The molecule has 38 heavy (non-hydrogen) atoms. The van der Waals surface area contributed by atoms with Crippen LogP contribution in [0.2, 0.25) is 0 Å². The zero-order chi connectivity index (χ0) is 26.1. The van der Waals surface area contributed by atoms with Crippen LogP contribution in [-0.4, -0.2) is 71.5 Å². The van der Waals surface area contributed by atoms with Gasteiger partial charge in [0.1, 0.15) is 10.8 Å². The molecule has 1 aromatic heterocycles. The van der Waals surface area contributed by atoms with Gasteiger partial charge in [-0.25, -0.2) is 0 Å². The number of hydrogen-bond acceptors (Lipinski definition) is 8. The zero-order valence-corrected chi connectivity index (χ0v) is 22.7. The number of aliphatic hydroxyl groups is 1. The SMILES string of the molecule is Cc1c(OCCCN2CCC(O)C2)cccc1-c1cccc2c1CCN2C(=O)c1nnc([C@@H]2CCCN2)s1. The number of nitrogens with zero attached hydrogens (tertiary/aromatic N) is 4. The van der Waals surface area contributed by atoms with Gasteiger partial charge in [-0.2, -0.15) is 0 Å². The van der Waals surface area contributed by atoms with Crippen LogP contribution in [0.25, 0.3) is 11.1 Å². The Morgan fingerprint density at radius 2 is 2.03 bits per heavy atom. The Morgan fingerprint density at radius 3 is 2.84 bits per heavy atom. The molecule has 2 atom stereocenters. The first-order valence-electron chi connectivity index (χ1n) is 13.7. The van der Waals surface area contributed by atoms with Crippen molar-refractivity contribution >= 4 is 22.9 Å². The number of fused-ring (bicyclic) bond motifs is 1. The summed E-state index contributed by atoms with van der Waals surface area (Å²) in [7, 11) is 0. The summed E-state index contributed by atoms with van der Waals surface area (Å²) in [4.78, 5) is 17.6. The van der Waals surface area contributed by atoms with Gasteiger partial charge >= 0.3 is 0 Å². The van der Waals surface area contributed by atoms with Crippen LogP contribution in [0.1, 0.15) is 57.7 Å². The molecule has 0 saturated carbocycles. The van der Waals surface area contributed by atoms with Crippen LogP contribution in [0, 0.1) is 6.92 Å². The maximum absolute atomic E-state index is 13.4. The molecule has 0 bridgehead atoms. The molecule has 6 rings (SSSR count). The number of carbonyl (C=O) groups excluding carboxylic acids is 1. The molecule has 3 aliphatic heterocycles. The summed E-state index contributed by atoms with van der Waals surface area (Å²) in [6, 6.07) is 12.7. The van der Waals surface area contributed by atoms with Gasteiger partial charge in [0, 0.05) is 31.9 Å². The Kier molecular flexibility index (Phi) is 7.43. The molecule has 0 radical (unpaired) electrons. The number of aliphatic hydroxyl groups excluding tert-OH is 1. The van der Waals surface area contributed by atoms with Crippen molar-refractivity contribution in [2.75, 3.05) is 44.2 Å². The highest BCUT2D eigenvalue weighted by atomic mass is 32.1. The van der Waals surface area contributed by atoms with E-state index in [1.165, 1.54) is 16.9 Å². The fourth-order valence-corrected chi connectivity index (χ4v) is 6.82. The summed E-state index contributed by atoms with van der Waals surface area (Å²) in [5.41, 5.74) is 5.56. The molecule has 8 nitrogen and oxygen atoms in total.